The molecule has 4 nitrogen and oxygen atoms in total. The van der Waals surface area contributed by atoms with Crippen molar-refractivity contribution in [3.05, 3.63) is 63.4 Å². The smallest absolute Gasteiger partial charge is 0.338 e. The first kappa shape index (κ1) is 16.2. The maximum atomic E-state index is 13.3. The maximum Gasteiger partial charge on any atom is 0.338 e. The molecule has 0 aliphatic rings. The third kappa shape index (κ3) is 3.33. The van der Waals surface area contributed by atoms with Crippen LogP contribution in [0, 0.1) is 12.7 Å². The predicted octanol–water partition coefficient (Wildman–Crippen LogP) is 3.94. The van der Waals surface area contributed by atoms with E-state index < -0.39 is 17.7 Å². The van der Waals surface area contributed by atoms with E-state index >= 15 is 0 Å². The molecule has 0 radical (unpaired) electrons. The van der Waals surface area contributed by atoms with Crippen molar-refractivity contribution in [3.8, 4) is 0 Å². The van der Waals surface area contributed by atoms with Gasteiger partial charge in [0.15, 0.2) is 0 Å². The summed E-state index contributed by atoms with van der Waals surface area (Å²) in [5, 5.41) is 2.67. The minimum atomic E-state index is -0.506. The Hall–Kier alpha value is -2.21. The SMILES string of the molecule is COC(=O)c1cccc(NC(=O)c2cc(F)ccc2Br)c1C. The Morgan fingerprint density at radius 2 is 1.91 bits per heavy atom. The lowest BCUT2D eigenvalue weighted by molar-refractivity contribution is 0.0599. The van der Waals surface area contributed by atoms with Gasteiger partial charge in [-0.3, -0.25) is 4.79 Å². The molecule has 6 heteroatoms. The number of nitrogens with one attached hydrogen (secondary N) is 1. The molecule has 0 unspecified atom stereocenters. The minimum absolute atomic E-state index is 0.169. The van der Waals surface area contributed by atoms with Crippen molar-refractivity contribution < 1.29 is 18.7 Å². The fourth-order valence-corrected chi connectivity index (χ4v) is 2.39. The van der Waals surface area contributed by atoms with Gasteiger partial charge in [0.05, 0.1) is 18.2 Å². The molecule has 2 aromatic carbocycles. The van der Waals surface area contributed by atoms with Gasteiger partial charge in [-0.25, -0.2) is 9.18 Å². The summed E-state index contributed by atoms with van der Waals surface area (Å²) in [6, 6.07) is 8.75. The van der Waals surface area contributed by atoms with Gasteiger partial charge >= 0.3 is 5.97 Å². The van der Waals surface area contributed by atoms with Crippen LogP contribution in [-0.4, -0.2) is 19.0 Å². The summed E-state index contributed by atoms with van der Waals surface area (Å²) in [5.41, 5.74) is 1.57. The molecule has 0 heterocycles. The number of methoxy groups -OCH3 is 1. The van der Waals surface area contributed by atoms with E-state index in [0.717, 1.165) is 6.07 Å². The molecule has 0 aromatic heterocycles. The van der Waals surface area contributed by atoms with Gasteiger partial charge in [-0.1, -0.05) is 6.07 Å². The second-order valence-corrected chi connectivity index (χ2v) is 5.40. The van der Waals surface area contributed by atoms with Crippen LogP contribution in [0.15, 0.2) is 40.9 Å². The number of amides is 1. The highest BCUT2D eigenvalue weighted by atomic mass is 79.9. The molecule has 0 spiro atoms. The zero-order valence-corrected chi connectivity index (χ0v) is 13.5. The van der Waals surface area contributed by atoms with Gasteiger partial charge in [0.25, 0.3) is 5.91 Å². The van der Waals surface area contributed by atoms with Crippen molar-refractivity contribution >= 4 is 33.5 Å². The third-order valence-electron chi connectivity index (χ3n) is 3.16. The summed E-state index contributed by atoms with van der Waals surface area (Å²) in [6.45, 7) is 1.70. The van der Waals surface area contributed by atoms with E-state index in [4.69, 9.17) is 0 Å². The standard InChI is InChI=1S/C16H13BrFNO3/c1-9-11(16(21)22-2)4-3-5-14(9)19-15(20)12-8-10(18)6-7-13(12)17/h3-8H,1-2H3,(H,19,20). The maximum absolute atomic E-state index is 13.3. The monoisotopic (exact) mass is 365 g/mol. The lowest BCUT2D eigenvalue weighted by atomic mass is 10.1. The lowest BCUT2D eigenvalue weighted by Crippen LogP contribution is -2.15. The van der Waals surface area contributed by atoms with Crippen LogP contribution in [-0.2, 0) is 4.74 Å². The second-order valence-electron chi connectivity index (χ2n) is 4.55. The highest BCUT2D eigenvalue weighted by Crippen LogP contribution is 2.23. The molecule has 2 rings (SSSR count). The summed E-state index contributed by atoms with van der Waals surface area (Å²) in [7, 11) is 1.29. The van der Waals surface area contributed by atoms with Crippen LogP contribution in [0.3, 0.4) is 0 Å². The Bertz CT molecular complexity index is 746. The quantitative estimate of drug-likeness (QED) is 0.838. The number of benzene rings is 2. The van der Waals surface area contributed by atoms with E-state index in [1.54, 1.807) is 25.1 Å². The molecule has 0 fully saturated rings. The highest BCUT2D eigenvalue weighted by Gasteiger charge is 2.16. The fraction of sp³-hybridized carbons (Fsp3) is 0.125. The molecule has 0 aliphatic heterocycles. The van der Waals surface area contributed by atoms with Gasteiger partial charge in [-0.15, -0.1) is 0 Å². The highest BCUT2D eigenvalue weighted by molar-refractivity contribution is 9.10. The number of esters is 1. The van der Waals surface area contributed by atoms with Gasteiger partial charge in [0, 0.05) is 10.2 Å². The number of hydrogen-bond acceptors (Lipinski definition) is 3. The molecule has 0 saturated carbocycles. The second kappa shape index (κ2) is 6.70. The Labute approximate surface area is 135 Å². The number of carbonyl (C=O) groups is 2. The fourth-order valence-electron chi connectivity index (χ4n) is 1.96. The molecule has 0 aliphatic carbocycles. The summed E-state index contributed by atoms with van der Waals surface area (Å²) < 4.78 is 18.4. The Kier molecular flexibility index (Phi) is 4.92. The topological polar surface area (TPSA) is 55.4 Å². The molecule has 0 atom stereocenters. The molecule has 114 valence electrons. The van der Waals surface area contributed by atoms with Gasteiger partial charge in [0.2, 0.25) is 0 Å². The normalized spacial score (nSPS) is 10.2. The summed E-state index contributed by atoms with van der Waals surface area (Å²) in [5.74, 6) is -1.47. The molecule has 22 heavy (non-hydrogen) atoms. The number of anilines is 1. The van der Waals surface area contributed by atoms with Crippen LogP contribution < -0.4 is 5.32 Å². The minimum Gasteiger partial charge on any atom is -0.465 e. The van der Waals surface area contributed by atoms with Crippen molar-refractivity contribution in [2.45, 2.75) is 6.92 Å². The zero-order valence-electron chi connectivity index (χ0n) is 11.9. The molecular weight excluding hydrogens is 353 g/mol. The van der Waals surface area contributed by atoms with Crippen LogP contribution in [0.5, 0.6) is 0 Å². The largest absolute Gasteiger partial charge is 0.465 e. The van der Waals surface area contributed by atoms with E-state index in [9.17, 15) is 14.0 Å². The average Bonchev–Trinajstić information content (AvgIpc) is 2.51. The summed E-state index contributed by atoms with van der Waals surface area (Å²) in [4.78, 5) is 23.9. The van der Waals surface area contributed by atoms with Gasteiger partial charge in [0.1, 0.15) is 5.82 Å². The number of hydrogen-bond donors (Lipinski definition) is 1. The van der Waals surface area contributed by atoms with E-state index in [2.05, 4.69) is 26.0 Å². The molecule has 2 aromatic rings. The molecule has 1 N–H and O–H groups in total. The van der Waals surface area contributed by atoms with Gasteiger partial charge < -0.3 is 10.1 Å². The van der Waals surface area contributed by atoms with Crippen molar-refractivity contribution in [1.29, 1.82) is 0 Å². The van der Waals surface area contributed by atoms with Gasteiger partial charge in [-0.2, -0.15) is 0 Å². The van der Waals surface area contributed by atoms with E-state index in [0.29, 0.717) is 21.3 Å². The average molecular weight is 366 g/mol. The zero-order chi connectivity index (χ0) is 16.3. The Morgan fingerprint density at radius 3 is 2.59 bits per heavy atom. The number of ether oxygens (including phenoxy) is 1. The van der Waals surface area contributed by atoms with Crippen LogP contribution in [0.2, 0.25) is 0 Å². The summed E-state index contributed by atoms with van der Waals surface area (Å²) in [6.07, 6.45) is 0. The third-order valence-corrected chi connectivity index (χ3v) is 3.85. The predicted molar refractivity (Wildman–Crippen MR) is 84.6 cm³/mol. The molecule has 1 amide bonds. The van der Waals surface area contributed by atoms with Crippen molar-refractivity contribution in [1.82, 2.24) is 0 Å². The van der Waals surface area contributed by atoms with Crippen LogP contribution in [0.1, 0.15) is 26.3 Å². The first-order chi connectivity index (χ1) is 10.4. The summed E-state index contributed by atoms with van der Waals surface area (Å²) >= 11 is 3.21. The lowest BCUT2D eigenvalue weighted by Gasteiger charge is -2.12. The van der Waals surface area contributed by atoms with Crippen LogP contribution >= 0.6 is 15.9 Å². The van der Waals surface area contributed by atoms with E-state index in [-0.39, 0.29) is 5.56 Å². The first-order valence-electron chi connectivity index (χ1n) is 6.38. The number of rotatable bonds is 3. The van der Waals surface area contributed by atoms with Crippen molar-refractivity contribution in [3.63, 3.8) is 0 Å². The number of halogens is 2. The van der Waals surface area contributed by atoms with Crippen LogP contribution in [0.4, 0.5) is 10.1 Å². The number of carbonyl (C=O) groups excluding carboxylic acids is 2. The van der Waals surface area contributed by atoms with Crippen molar-refractivity contribution in [2.75, 3.05) is 12.4 Å². The van der Waals surface area contributed by atoms with Crippen LogP contribution in [0.25, 0.3) is 0 Å². The Balaban J connectivity index is 2.33. The molecule has 0 saturated heterocycles. The van der Waals surface area contributed by atoms with E-state index in [1.165, 1.54) is 19.2 Å². The molecular formula is C16H13BrFNO3. The molecule has 0 bridgehead atoms. The Morgan fingerprint density at radius 1 is 1.18 bits per heavy atom. The van der Waals surface area contributed by atoms with Crippen molar-refractivity contribution in [2.24, 2.45) is 0 Å². The van der Waals surface area contributed by atoms with E-state index in [1.807, 2.05) is 0 Å². The first-order valence-corrected chi connectivity index (χ1v) is 7.17. The van der Waals surface area contributed by atoms with Gasteiger partial charge in [-0.05, 0) is 58.7 Å².